The predicted octanol–water partition coefficient (Wildman–Crippen LogP) is 3.74. The number of aromatic amines is 1. The van der Waals surface area contributed by atoms with E-state index in [0.29, 0.717) is 12.0 Å². The third-order valence-corrected chi connectivity index (χ3v) is 5.17. The van der Waals surface area contributed by atoms with Gasteiger partial charge in [0.1, 0.15) is 5.52 Å². The molecule has 0 saturated heterocycles. The highest BCUT2D eigenvalue weighted by Crippen LogP contribution is 2.39. The van der Waals surface area contributed by atoms with E-state index < -0.39 is 0 Å². The van der Waals surface area contributed by atoms with Crippen molar-refractivity contribution in [2.45, 2.75) is 46.1 Å². The Bertz CT molecular complexity index is 663. The quantitative estimate of drug-likeness (QED) is 0.807. The number of hydrogen-bond acceptors (Lipinski definition) is 2. The van der Waals surface area contributed by atoms with Gasteiger partial charge in [0.15, 0.2) is 10.4 Å². The number of nitrogens with zero attached hydrogens (tertiary/aromatic N) is 3. The molecule has 0 amide bonds. The third-order valence-electron chi connectivity index (χ3n) is 4.87. The number of aryl methyl sites for hydroxylation is 2. The Labute approximate surface area is 118 Å². The number of imidazole rings is 1. The maximum Gasteiger partial charge on any atom is 0.179 e. The van der Waals surface area contributed by atoms with Gasteiger partial charge in [-0.15, -0.1) is 0 Å². The minimum atomic E-state index is 0.500. The van der Waals surface area contributed by atoms with Crippen LogP contribution in [0.15, 0.2) is 0 Å². The Hall–Kier alpha value is -1.10. The van der Waals surface area contributed by atoms with Crippen LogP contribution in [0.3, 0.4) is 0 Å². The molecule has 1 fully saturated rings. The van der Waals surface area contributed by atoms with Crippen LogP contribution in [0.25, 0.3) is 11.2 Å². The van der Waals surface area contributed by atoms with Crippen molar-refractivity contribution >= 4 is 23.4 Å². The summed E-state index contributed by atoms with van der Waals surface area (Å²) in [6.07, 6.45) is 3.85. The number of rotatable bonds is 1. The molecule has 1 N–H and O–H groups in total. The van der Waals surface area contributed by atoms with Crippen LogP contribution in [0.5, 0.6) is 0 Å². The lowest BCUT2D eigenvalue weighted by atomic mass is 9.78. The van der Waals surface area contributed by atoms with Crippen LogP contribution >= 0.6 is 12.2 Å². The zero-order chi connectivity index (χ0) is 13.7. The van der Waals surface area contributed by atoms with Crippen LogP contribution in [-0.2, 0) is 7.05 Å². The maximum atomic E-state index is 5.56. The Morgan fingerprint density at radius 1 is 1.32 bits per heavy atom. The summed E-state index contributed by atoms with van der Waals surface area (Å²) in [5, 5.41) is 4.51. The van der Waals surface area contributed by atoms with Crippen molar-refractivity contribution in [3.8, 4) is 0 Å². The highest BCUT2D eigenvalue weighted by atomic mass is 32.1. The van der Waals surface area contributed by atoms with E-state index in [-0.39, 0.29) is 0 Å². The molecule has 5 heteroatoms. The van der Waals surface area contributed by atoms with Crippen molar-refractivity contribution in [1.82, 2.24) is 19.3 Å². The third kappa shape index (κ3) is 1.86. The first kappa shape index (κ1) is 12.9. The van der Waals surface area contributed by atoms with Gasteiger partial charge in [-0.05, 0) is 37.4 Å². The molecule has 104 valence electrons. The van der Waals surface area contributed by atoms with E-state index >= 15 is 0 Å². The molecule has 0 radical (unpaired) electrons. The van der Waals surface area contributed by atoms with Gasteiger partial charge in [0, 0.05) is 13.1 Å². The highest BCUT2D eigenvalue weighted by molar-refractivity contribution is 7.71. The van der Waals surface area contributed by atoms with Crippen molar-refractivity contribution in [2.24, 2.45) is 18.9 Å². The fourth-order valence-corrected chi connectivity index (χ4v) is 3.88. The molecule has 0 aliphatic heterocycles. The SMILES string of the molecule is Cc1nn(C)c2c1[nH]c(=S)n2C1CCCC(C)C1C. The average Bonchev–Trinajstić information content (AvgIpc) is 2.82. The Morgan fingerprint density at radius 3 is 2.79 bits per heavy atom. The summed E-state index contributed by atoms with van der Waals surface area (Å²) < 4.78 is 5.12. The largest absolute Gasteiger partial charge is 0.328 e. The summed E-state index contributed by atoms with van der Waals surface area (Å²) >= 11 is 5.56. The fraction of sp³-hybridized carbons (Fsp3) is 0.714. The molecule has 0 spiro atoms. The molecule has 4 nitrogen and oxygen atoms in total. The molecule has 3 unspecified atom stereocenters. The lowest BCUT2D eigenvalue weighted by Gasteiger charge is -2.35. The Kier molecular flexibility index (Phi) is 3.04. The number of hydrogen-bond donors (Lipinski definition) is 1. The van der Waals surface area contributed by atoms with Crippen LogP contribution in [0.2, 0.25) is 0 Å². The molecule has 1 aliphatic carbocycles. The van der Waals surface area contributed by atoms with Crippen LogP contribution in [0.1, 0.15) is 44.8 Å². The topological polar surface area (TPSA) is 38.5 Å². The molecular weight excluding hydrogens is 256 g/mol. The molecule has 1 aliphatic rings. The van der Waals surface area contributed by atoms with E-state index in [2.05, 4.69) is 28.5 Å². The smallest absolute Gasteiger partial charge is 0.179 e. The van der Waals surface area contributed by atoms with E-state index in [9.17, 15) is 0 Å². The minimum Gasteiger partial charge on any atom is -0.328 e. The van der Waals surface area contributed by atoms with Crippen LogP contribution in [0.4, 0.5) is 0 Å². The van der Waals surface area contributed by atoms with E-state index in [1.54, 1.807) is 0 Å². The maximum absolute atomic E-state index is 5.56. The Balaban J connectivity index is 2.19. The van der Waals surface area contributed by atoms with Crippen molar-refractivity contribution < 1.29 is 0 Å². The first-order chi connectivity index (χ1) is 9.00. The first-order valence-corrected chi connectivity index (χ1v) is 7.55. The predicted molar refractivity (Wildman–Crippen MR) is 79.8 cm³/mol. The molecule has 2 aromatic heterocycles. The van der Waals surface area contributed by atoms with Crippen molar-refractivity contribution in [3.63, 3.8) is 0 Å². The monoisotopic (exact) mass is 278 g/mol. The fourth-order valence-electron chi connectivity index (χ4n) is 3.56. The van der Waals surface area contributed by atoms with Gasteiger partial charge < -0.3 is 4.98 Å². The lowest BCUT2D eigenvalue weighted by molar-refractivity contribution is 0.187. The molecule has 2 heterocycles. The molecule has 1 saturated carbocycles. The van der Waals surface area contributed by atoms with Gasteiger partial charge in [-0.3, -0.25) is 9.25 Å². The van der Waals surface area contributed by atoms with Gasteiger partial charge in [-0.1, -0.05) is 26.7 Å². The number of aromatic nitrogens is 4. The van der Waals surface area contributed by atoms with Crippen molar-refractivity contribution in [3.05, 3.63) is 10.5 Å². The normalized spacial score (nSPS) is 28.1. The second-order valence-electron chi connectivity index (χ2n) is 6.04. The van der Waals surface area contributed by atoms with E-state index in [4.69, 9.17) is 12.2 Å². The van der Waals surface area contributed by atoms with Crippen molar-refractivity contribution in [2.75, 3.05) is 0 Å². The van der Waals surface area contributed by atoms with Gasteiger partial charge in [0.05, 0.1) is 5.69 Å². The molecule has 0 aromatic carbocycles. The molecule has 19 heavy (non-hydrogen) atoms. The van der Waals surface area contributed by atoms with E-state index in [1.165, 1.54) is 19.3 Å². The van der Waals surface area contributed by atoms with Gasteiger partial charge >= 0.3 is 0 Å². The minimum absolute atomic E-state index is 0.500. The molecule has 3 rings (SSSR count). The lowest BCUT2D eigenvalue weighted by Crippen LogP contribution is -2.27. The summed E-state index contributed by atoms with van der Waals surface area (Å²) in [5.74, 6) is 1.43. The summed E-state index contributed by atoms with van der Waals surface area (Å²) in [7, 11) is 2.01. The summed E-state index contributed by atoms with van der Waals surface area (Å²) in [5.41, 5.74) is 3.27. The molecule has 0 bridgehead atoms. The second-order valence-corrected chi connectivity index (χ2v) is 6.43. The van der Waals surface area contributed by atoms with Crippen molar-refractivity contribution in [1.29, 1.82) is 0 Å². The molecule has 2 aromatic rings. The van der Waals surface area contributed by atoms with Gasteiger partial charge in [0.25, 0.3) is 0 Å². The summed E-state index contributed by atoms with van der Waals surface area (Å²) in [6.45, 7) is 6.75. The Morgan fingerprint density at radius 2 is 2.05 bits per heavy atom. The zero-order valence-electron chi connectivity index (χ0n) is 12.1. The van der Waals surface area contributed by atoms with E-state index in [1.807, 2.05) is 18.7 Å². The van der Waals surface area contributed by atoms with Gasteiger partial charge in [-0.25, -0.2) is 0 Å². The number of nitrogens with one attached hydrogen (secondary N) is 1. The molecular formula is C14H22N4S. The highest BCUT2D eigenvalue weighted by Gasteiger charge is 2.30. The van der Waals surface area contributed by atoms with E-state index in [0.717, 1.165) is 27.5 Å². The standard InChI is InChI=1S/C14H22N4S/c1-8-6-5-7-11(9(8)2)18-13-12(15-14(18)19)10(3)16-17(13)4/h8-9,11H,5-7H2,1-4H3,(H,15,19). The zero-order valence-corrected chi connectivity index (χ0v) is 12.9. The average molecular weight is 278 g/mol. The summed E-state index contributed by atoms with van der Waals surface area (Å²) in [4.78, 5) is 3.34. The number of fused-ring (bicyclic) bond motifs is 1. The first-order valence-electron chi connectivity index (χ1n) is 7.14. The number of H-pyrrole nitrogens is 1. The molecule has 3 atom stereocenters. The van der Waals surface area contributed by atoms with Crippen LogP contribution < -0.4 is 0 Å². The summed E-state index contributed by atoms with van der Waals surface area (Å²) in [6, 6.07) is 0.500. The second kappa shape index (κ2) is 4.47. The van der Waals surface area contributed by atoms with Crippen LogP contribution in [-0.4, -0.2) is 19.3 Å². The van der Waals surface area contributed by atoms with Gasteiger partial charge in [-0.2, -0.15) is 5.10 Å². The van der Waals surface area contributed by atoms with Gasteiger partial charge in [0.2, 0.25) is 0 Å². The van der Waals surface area contributed by atoms with Crippen LogP contribution in [0, 0.1) is 23.5 Å².